The molecule has 1 aromatic rings. The summed E-state index contributed by atoms with van der Waals surface area (Å²) in [5, 5.41) is 3.58. The predicted molar refractivity (Wildman–Crippen MR) is 84.1 cm³/mol. The largest absolute Gasteiger partial charge is 0.494 e. The van der Waals surface area contributed by atoms with E-state index in [2.05, 4.69) is 31.0 Å². The van der Waals surface area contributed by atoms with Gasteiger partial charge in [-0.3, -0.25) is 4.90 Å². The van der Waals surface area contributed by atoms with Gasteiger partial charge in [-0.1, -0.05) is 19.9 Å². The van der Waals surface area contributed by atoms with E-state index < -0.39 is 0 Å². The lowest BCUT2D eigenvalue weighted by molar-refractivity contribution is 0.0277. The molecule has 0 amide bonds. The Hall–Kier alpha value is -1.13. The number of piperazine rings is 1. The lowest BCUT2D eigenvalue weighted by Crippen LogP contribution is -2.63. The van der Waals surface area contributed by atoms with Crippen molar-refractivity contribution in [3.63, 3.8) is 0 Å². The first-order valence-electron chi connectivity index (χ1n) is 7.85. The molecular weight excluding hydrogens is 267 g/mol. The maximum atomic E-state index is 13.9. The summed E-state index contributed by atoms with van der Waals surface area (Å²) < 4.78 is 18.9. The van der Waals surface area contributed by atoms with Crippen LogP contribution in [-0.2, 0) is 6.54 Å². The van der Waals surface area contributed by atoms with E-state index in [-0.39, 0.29) is 11.4 Å². The summed E-state index contributed by atoms with van der Waals surface area (Å²) >= 11 is 0. The quantitative estimate of drug-likeness (QED) is 0.902. The highest BCUT2D eigenvalue weighted by molar-refractivity contribution is 5.29. The molecule has 4 heteroatoms. The highest BCUT2D eigenvalue weighted by atomic mass is 19.1. The first kappa shape index (κ1) is 16.2. The average molecular weight is 294 g/mol. The Labute approximate surface area is 127 Å². The van der Waals surface area contributed by atoms with Crippen LogP contribution in [0.15, 0.2) is 18.2 Å². The molecular formula is C17H27FN2O. The minimum Gasteiger partial charge on any atom is -0.494 e. The monoisotopic (exact) mass is 294 g/mol. The molecule has 1 atom stereocenters. The first-order chi connectivity index (χ1) is 10.0. The van der Waals surface area contributed by atoms with Crippen LogP contribution in [0.2, 0.25) is 0 Å². The molecule has 0 bridgehead atoms. The molecule has 2 rings (SSSR count). The predicted octanol–water partition coefficient (Wildman–Crippen LogP) is 3.19. The van der Waals surface area contributed by atoms with Crippen molar-refractivity contribution in [2.45, 2.75) is 51.7 Å². The van der Waals surface area contributed by atoms with Gasteiger partial charge in [-0.2, -0.15) is 0 Å². The molecule has 0 spiro atoms. The molecule has 1 unspecified atom stereocenters. The molecule has 1 aromatic carbocycles. The Morgan fingerprint density at radius 1 is 1.38 bits per heavy atom. The Morgan fingerprint density at radius 2 is 2.10 bits per heavy atom. The topological polar surface area (TPSA) is 24.5 Å². The van der Waals surface area contributed by atoms with Gasteiger partial charge < -0.3 is 10.1 Å². The number of rotatable bonds is 5. The van der Waals surface area contributed by atoms with Crippen LogP contribution in [0.4, 0.5) is 4.39 Å². The van der Waals surface area contributed by atoms with Gasteiger partial charge >= 0.3 is 0 Å². The van der Waals surface area contributed by atoms with Crippen LogP contribution in [0.5, 0.6) is 5.75 Å². The van der Waals surface area contributed by atoms with Gasteiger partial charge in [0.25, 0.3) is 0 Å². The Morgan fingerprint density at radius 3 is 2.67 bits per heavy atom. The molecule has 0 aliphatic carbocycles. The zero-order valence-corrected chi connectivity index (χ0v) is 13.6. The number of benzene rings is 1. The Balaban J connectivity index is 2.20. The maximum absolute atomic E-state index is 13.9. The second-order valence-corrected chi connectivity index (χ2v) is 6.06. The van der Waals surface area contributed by atoms with E-state index in [1.54, 1.807) is 12.1 Å². The van der Waals surface area contributed by atoms with Crippen molar-refractivity contribution < 1.29 is 9.13 Å². The highest BCUT2D eigenvalue weighted by Gasteiger charge is 2.37. The summed E-state index contributed by atoms with van der Waals surface area (Å²) in [6.45, 7) is 9.46. The van der Waals surface area contributed by atoms with E-state index in [0.29, 0.717) is 11.8 Å². The van der Waals surface area contributed by atoms with Crippen LogP contribution in [0.3, 0.4) is 0 Å². The molecule has 1 aliphatic heterocycles. The van der Waals surface area contributed by atoms with Crippen molar-refractivity contribution in [2.24, 2.45) is 0 Å². The molecule has 1 aliphatic rings. The number of halogens is 1. The van der Waals surface area contributed by atoms with Gasteiger partial charge in [0.2, 0.25) is 0 Å². The molecule has 1 N–H and O–H groups in total. The lowest BCUT2D eigenvalue weighted by Gasteiger charge is -2.49. The van der Waals surface area contributed by atoms with Gasteiger partial charge in [-0.25, -0.2) is 4.39 Å². The third-order valence-corrected chi connectivity index (χ3v) is 4.85. The fraction of sp³-hybridized carbons (Fsp3) is 0.647. The van der Waals surface area contributed by atoms with Gasteiger partial charge in [0, 0.05) is 31.2 Å². The summed E-state index contributed by atoms with van der Waals surface area (Å²) in [4.78, 5) is 2.51. The molecule has 1 saturated heterocycles. The minimum absolute atomic E-state index is 0.170. The van der Waals surface area contributed by atoms with Crippen molar-refractivity contribution in [2.75, 3.05) is 20.2 Å². The molecule has 118 valence electrons. The number of hydrogen-bond acceptors (Lipinski definition) is 3. The lowest BCUT2D eigenvalue weighted by atomic mass is 9.87. The van der Waals surface area contributed by atoms with Crippen molar-refractivity contribution in [3.05, 3.63) is 29.6 Å². The van der Waals surface area contributed by atoms with Crippen LogP contribution < -0.4 is 10.1 Å². The molecule has 1 heterocycles. The van der Waals surface area contributed by atoms with Crippen molar-refractivity contribution in [1.82, 2.24) is 10.2 Å². The molecule has 0 radical (unpaired) electrons. The van der Waals surface area contributed by atoms with Crippen molar-refractivity contribution in [1.29, 1.82) is 0 Å². The van der Waals surface area contributed by atoms with Crippen LogP contribution in [0.25, 0.3) is 0 Å². The van der Waals surface area contributed by atoms with Gasteiger partial charge in [-0.15, -0.1) is 0 Å². The SMILES string of the molecule is CCC1(CC)CNC(C)CN1Cc1ccc(OC)c(F)c1. The summed E-state index contributed by atoms with van der Waals surface area (Å²) in [5.74, 6) is 0.0291. The van der Waals surface area contributed by atoms with Crippen molar-refractivity contribution in [3.8, 4) is 5.75 Å². The van der Waals surface area contributed by atoms with Gasteiger partial charge in [0.15, 0.2) is 11.6 Å². The van der Waals surface area contributed by atoms with E-state index in [1.165, 1.54) is 7.11 Å². The molecule has 3 nitrogen and oxygen atoms in total. The number of ether oxygens (including phenoxy) is 1. The van der Waals surface area contributed by atoms with Crippen molar-refractivity contribution >= 4 is 0 Å². The Kier molecular flexibility index (Phi) is 5.22. The van der Waals surface area contributed by atoms with Gasteiger partial charge in [0.05, 0.1) is 7.11 Å². The van der Waals surface area contributed by atoms with Gasteiger partial charge in [-0.05, 0) is 37.5 Å². The third kappa shape index (κ3) is 3.38. The van der Waals surface area contributed by atoms with E-state index in [4.69, 9.17) is 4.74 Å². The Bertz CT molecular complexity index is 474. The van der Waals surface area contributed by atoms with Crippen LogP contribution in [-0.4, -0.2) is 36.7 Å². The normalized spacial score (nSPS) is 22.2. The second-order valence-electron chi connectivity index (χ2n) is 6.06. The summed E-state index contributed by atoms with van der Waals surface area (Å²) in [5.41, 5.74) is 1.18. The summed E-state index contributed by atoms with van der Waals surface area (Å²) in [6, 6.07) is 5.75. The summed E-state index contributed by atoms with van der Waals surface area (Å²) in [6.07, 6.45) is 2.20. The van der Waals surface area contributed by atoms with Crippen LogP contribution in [0.1, 0.15) is 39.2 Å². The van der Waals surface area contributed by atoms with Crippen LogP contribution in [0, 0.1) is 5.82 Å². The standard InChI is InChI=1S/C17H27FN2O/c1-5-17(6-2)12-19-13(3)10-20(17)11-14-7-8-16(21-4)15(18)9-14/h7-9,13,19H,5-6,10-12H2,1-4H3. The molecule has 21 heavy (non-hydrogen) atoms. The molecule has 0 saturated carbocycles. The zero-order valence-electron chi connectivity index (χ0n) is 13.6. The minimum atomic E-state index is -0.281. The molecule has 1 fully saturated rings. The maximum Gasteiger partial charge on any atom is 0.165 e. The first-order valence-corrected chi connectivity index (χ1v) is 7.85. The van der Waals surface area contributed by atoms with E-state index in [0.717, 1.165) is 38.0 Å². The molecule has 0 aromatic heterocycles. The van der Waals surface area contributed by atoms with E-state index in [9.17, 15) is 4.39 Å². The smallest absolute Gasteiger partial charge is 0.165 e. The highest BCUT2D eigenvalue weighted by Crippen LogP contribution is 2.29. The number of nitrogens with zero attached hydrogens (tertiary/aromatic N) is 1. The van der Waals surface area contributed by atoms with Crippen LogP contribution >= 0.6 is 0 Å². The number of methoxy groups -OCH3 is 1. The zero-order chi connectivity index (χ0) is 15.5. The van der Waals surface area contributed by atoms with E-state index in [1.807, 2.05) is 6.07 Å². The number of nitrogens with one attached hydrogen (secondary N) is 1. The second kappa shape index (κ2) is 6.75. The van der Waals surface area contributed by atoms with Gasteiger partial charge in [0.1, 0.15) is 0 Å². The fourth-order valence-corrected chi connectivity index (χ4v) is 3.27. The number of hydrogen-bond donors (Lipinski definition) is 1. The van der Waals surface area contributed by atoms with E-state index >= 15 is 0 Å². The fourth-order valence-electron chi connectivity index (χ4n) is 3.27. The average Bonchev–Trinajstić information content (AvgIpc) is 2.48. The summed E-state index contributed by atoms with van der Waals surface area (Å²) in [7, 11) is 1.50. The third-order valence-electron chi connectivity index (χ3n) is 4.85.